The smallest absolute Gasteiger partial charge is 0.221 e. The van der Waals surface area contributed by atoms with E-state index in [4.69, 9.17) is 5.73 Å². The van der Waals surface area contributed by atoms with E-state index in [1.165, 1.54) is 0 Å². The summed E-state index contributed by atoms with van der Waals surface area (Å²) in [5.41, 5.74) is 4.83. The Hall–Kier alpha value is -0.660. The van der Waals surface area contributed by atoms with Gasteiger partial charge in [0.25, 0.3) is 0 Å². The van der Waals surface area contributed by atoms with Crippen LogP contribution >= 0.6 is 0 Å². The van der Waals surface area contributed by atoms with E-state index < -0.39 is 10.0 Å². The molecule has 4 N–H and O–H groups in total. The standard InChI is InChI=1S/C9H21N3O3S/c1-9(2,3)12-8(13)4-6-11-16(14,15)7-5-10/h11H,4-7,10H2,1-3H3,(H,12,13). The topological polar surface area (TPSA) is 101 Å². The van der Waals surface area contributed by atoms with Crippen molar-refractivity contribution in [1.29, 1.82) is 0 Å². The molecule has 0 saturated heterocycles. The van der Waals surface area contributed by atoms with Gasteiger partial charge in [-0.1, -0.05) is 0 Å². The highest BCUT2D eigenvalue weighted by atomic mass is 32.2. The highest BCUT2D eigenvalue weighted by Crippen LogP contribution is 1.98. The molecule has 0 aromatic carbocycles. The van der Waals surface area contributed by atoms with Crippen molar-refractivity contribution in [2.75, 3.05) is 18.8 Å². The van der Waals surface area contributed by atoms with Gasteiger partial charge >= 0.3 is 0 Å². The third-order valence-corrected chi connectivity index (χ3v) is 2.99. The fraction of sp³-hybridized carbons (Fsp3) is 0.889. The van der Waals surface area contributed by atoms with Gasteiger partial charge in [-0.2, -0.15) is 0 Å². The van der Waals surface area contributed by atoms with Crippen LogP contribution in [0.25, 0.3) is 0 Å². The first-order valence-corrected chi connectivity index (χ1v) is 6.80. The second kappa shape index (κ2) is 6.17. The molecule has 0 rings (SSSR count). The van der Waals surface area contributed by atoms with Crippen molar-refractivity contribution in [3.63, 3.8) is 0 Å². The third kappa shape index (κ3) is 8.63. The minimum atomic E-state index is -3.33. The van der Waals surface area contributed by atoms with E-state index in [1.807, 2.05) is 20.8 Å². The van der Waals surface area contributed by atoms with E-state index >= 15 is 0 Å². The van der Waals surface area contributed by atoms with Crippen LogP contribution in [0.3, 0.4) is 0 Å². The predicted octanol–water partition coefficient (Wildman–Crippen LogP) is -0.831. The maximum Gasteiger partial charge on any atom is 0.221 e. The van der Waals surface area contributed by atoms with E-state index in [1.54, 1.807) is 0 Å². The molecule has 0 atom stereocenters. The molecule has 0 aliphatic rings. The summed E-state index contributed by atoms with van der Waals surface area (Å²) < 4.78 is 24.7. The van der Waals surface area contributed by atoms with Crippen LogP contribution in [0.2, 0.25) is 0 Å². The molecule has 16 heavy (non-hydrogen) atoms. The maximum atomic E-state index is 11.3. The molecule has 6 nitrogen and oxygen atoms in total. The molecular weight excluding hydrogens is 230 g/mol. The van der Waals surface area contributed by atoms with E-state index in [-0.39, 0.29) is 36.7 Å². The van der Waals surface area contributed by atoms with Crippen molar-refractivity contribution in [3.8, 4) is 0 Å². The molecule has 0 aliphatic carbocycles. The molecule has 0 heterocycles. The molecule has 0 spiro atoms. The van der Waals surface area contributed by atoms with Gasteiger partial charge in [-0.25, -0.2) is 13.1 Å². The molecule has 96 valence electrons. The number of amides is 1. The lowest BCUT2D eigenvalue weighted by molar-refractivity contribution is -0.122. The Morgan fingerprint density at radius 2 is 1.88 bits per heavy atom. The molecular formula is C9H21N3O3S. The van der Waals surface area contributed by atoms with Gasteiger partial charge in [-0.05, 0) is 20.8 Å². The highest BCUT2D eigenvalue weighted by Gasteiger charge is 2.14. The number of sulfonamides is 1. The number of rotatable bonds is 6. The van der Waals surface area contributed by atoms with Crippen molar-refractivity contribution in [2.45, 2.75) is 32.7 Å². The van der Waals surface area contributed by atoms with Crippen molar-refractivity contribution in [3.05, 3.63) is 0 Å². The number of nitrogens with one attached hydrogen (secondary N) is 2. The highest BCUT2D eigenvalue weighted by molar-refractivity contribution is 7.89. The quantitative estimate of drug-likeness (QED) is 0.573. The Morgan fingerprint density at radius 3 is 2.31 bits per heavy atom. The minimum Gasteiger partial charge on any atom is -0.351 e. The van der Waals surface area contributed by atoms with Crippen LogP contribution in [0.1, 0.15) is 27.2 Å². The van der Waals surface area contributed by atoms with Gasteiger partial charge in [0, 0.05) is 25.0 Å². The second-order valence-electron chi connectivity index (χ2n) is 4.55. The number of nitrogens with two attached hydrogens (primary N) is 1. The second-order valence-corrected chi connectivity index (χ2v) is 6.48. The normalized spacial score (nSPS) is 12.5. The molecule has 0 radical (unpaired) electrons. The first-order valence-electron chi connectivity index (χ1n) is 5.15. The lowest BCUT2D eigenvalue weighted by Gasteiger charge is -2.20. The van der Waals surface area contributed by atoms with Gasteiger partial charge in [0.2, 0.25) is 15.9 Å². The van der Waals surface area contributed by atoms with Gasteiger partial charge < -0.3 is 11.1 Å². The summed E-state index contributed by atoms with van der Waals surface area (Å²) in [5, 5.41) is 2.74. The zero-order valence-electron chi connectivity index (χ0n) is 10.0. The van der Waals surface area contributed by atoms with Crippen LogP contribution in [-0.4, -0.2) is 38.7 Å². The molecule has 0 saturated carbocycles. The number of carbonyl (C=O) groups is 1. The predicted molar refractivity (Wildman–Crippen MR) is 63.4 cm³/mol. The average Bonchev–Trinajstić information content (AvgIpc) is 1.99. The monoisotopic (exact) mass is 251 g/mol. The van der Waals surface area contributed by atoms with Crippen LogP contribution in [0.15, 0.2) is 0 Å². The van der Waals surface area contributed by atoms with Gasteiger partial charge in [0.05, 0.1) is 5.75 Å². The number of hydrogen-bond acceptors (Lipinski definition) is 4. The summed E-state index contributed by atoms with van der Waals surface area (Å²) in [6.45, 7) is 5.77. The fourth-order valence-electron chi connectivity index (χ4n) is 1.03. The average molecular weight is 251 g/mol. The summed E-state index contributed by atoms with van der Waals surface area (Å²) in [7, 11) is -3.33. The zero-order chi connectivity index (χ0) is 12.8. The van der Waals surface area contributed by atoms with E-state index in [9.17, 15) is 13.2 Å². The Kier molecular flexibility index (Phi) is 5.91. The summed E-state index contributed by atoms with van der Waals surface area (Å²) in [6, 6.07) is 0. The largest absolute Gasteiger partial charge is 0.351 e. The Balaban J connectivity index is 3.87. The van der Waals surface area contributed by atoms with Gasteiger partial charge in [0.1, 0.15) is 0 Å². The summed E-state index contributed by atoms with van der Waals surface area (Å²) in [5.74, 6) is -0.295. The molecule has 0 aliphatic heterocycles. The Labute approximate surface area is 97.0 Å². The van der Waals surface area contributed by atoms with Crippen LogP contribution in [0.4, 0.5) is 0 Å². The molecule has 0 unspecified atom stereocenters. The molecule has 0 fully saturated rings. The van der Waals surface area contributed by atoms with Gasteiger partial charge in [-0.3, -0.25) is 4.79 Å². The molecule has 0 aromatic heterocycles. The van der Waals surface area contributed by atoms with Crippen molar-refractivity contribution < 1.29 is 13.2 Å². The SMILES string of the molecule is CC(C)(C)NC(=O)CCNS(=O)(=O)CCN. The number of carbonyl (C=O) groups excluding carboxylic acids is 1. The van der Waals surface area contributed by atoms with Crippen molar-refractivity contribution in [1.82, 2.24) is 10.0 Å². The first-order chi connectivity index (χ1) is 7.16. The fourth-order valence-corrected chi connectivity index (χ4v) is 1.90. The van der Waals surface area contributed by atoms with E-state index in [2.05, 4.69) is 10.0 Å². The van der Waals surface area contributed by atoms with Crippen LogP contribution in [0.5, 0.6) is 0 Å². The van der Waals surface area contributed by atoms with E-state index in [0.29, 0.717) is 0 Å². The molecule has 7 heteroatoms. The molecule has 0 bridgehead atoms. The van der Waals surface area contributed by atoms with Crippen LogP contribution < -0.4 is 15.8 Å². The van der Waals surface area contributed by atoms with Crippen LogP contribution in [0, 0.1) is 0 Å². The Morgan fingerprint density at radius 1 is 1.31 bits per heavy atom. The molecule has 1 amide bonds. The summed E-state index contributed by atoms with van der Waals surface area (Å²) in [6.07, 6.45) is 0.126. The van der Waals surface area contributed by atoms with Gasteiger partial charge in [0.15, 0.2) is 0 Å². The summed E-state index contributed by atoms with van der Waals surface area (Å²) >= 11 is 0. The zero-order valence-corrected chi connectivity index (χ0v) is 10.9. The lowest BCUT2D eigenvalue weighted by Crippen LogP contribution is -2.42. The van der Waals surface area contributed by atoms with Gasteiger partial charge in [-0.15, -0.1) is 0 Å². The first kappa shape index (κ1) is 15.3. The minimum absolute atomic E-state index is 0.0729. The summed E-state index contributed by atoms with van der Waals surface area (Å²) in [4.78, 5) is 11.3. The molecule has 0 aromatic rings. The maximum absolute atomic E-state index is 11.3. The van der Waals surface area contributed by atoms with Crippen molar-refractivity contribution >= 4 is 15.9 Å². The van der Waals surface area contributed by atoms with Crippen molar-refractivity contribution in [2.24, 2.45) is 5.73 Å². The van der Waals surface area contributed by atoms with Crippen LogP contribution in [-0.2, 0) is 14.8 Å². The number of hydrogen-bond donors (Lipinski definition) is 3. The van der Waals surface area contributed by atoms with E-state index in [0.717, 1.165) is 0 Å². The third-order valence-electron chi connectivity index (χ3n) is 1.58. The lowest BCUT2D eigenvalue weighted by atomic mass is 10.1. The Bertz CT molecular complexity index is 319.